The number of carbonyl (C=O) groups is 1. The van der Waals surface area contributed by atoms with Crippen molar-refractivity contribution in [1.29, 1.82) is 0 Å². The number of carbonyl (C=O) groups excluding carboxylic acids is 1. The van der Waals surface area contributed by atoms with Gasteiger partial charge in [0.2, 0.25) is 0 Å². The Bertz CT molecular complexity index is 621. The summed E-state index contributed by atoms with van der Waals surface area (Å²) in [7, 11) is 1.82. The molecule has 0 saturated heterocycles. The topological polar surface area (TPSA) is 72.9 Å². The molecule has 0 unspecified atom stereocenters. The van der Waals surface area contributed by atoms with Crippen LogP contribution in [0.15, 0.2) is 24.4 Å². The summed E-state index contributed by atoms with van der Waals surface area (Å²) >= 11 is 0. The molecule has 0 aliphatic rings. The Morgan fingerprint density at radius 3 is 2.89 bits per heavy atom. The van der Waals surface area contributed by atoms with Gasteiger partial charge in [-0.1, -0.05) is 6.07 Å². The van der Waals surface area contributed by atoms with Crippen molar-refractivity contribution in [2.75, 3.05) is 5.73 Å². The van der Waals surface area contributed by atoms with Gasteiger partial charge in [0, 0.05) is 24.8 Å². The van der Waals surface area contributed by atoms with E-state index >= 15 is 0 Å². The van der Waals surface area contributed by atoms with Gasteiger partial charge in [-0.05, 0) is 19.1 Å². The number of para-hydroxylation sites is 1. The maximum Gasteiger partial charge on any atom is 0.253 e. The zero-order chi connectivity index (χ0) is 14.0. The molecule has 1 aromatic heterocycles. The van der Waals surface area contributed by atoms with Gasteiger partial charge in [0.05, 0.1) is 17.4 Å². The molecule has 19 heavy (non-hydrogen) atoms. The molecule has 1 heterocycles. The van der Waals surface area contributed by atoms with E-state index in [1.807, 2.05) is 14.0 Å². The van der Waals surface area contributed by atoms with Gasteiger partial charge in [0.1, 0.15) is 5.82 Å². The summed E-state index contributed by atoms with van der Waals surface area (Å²) in [5, 5.41) is 6.78. The second-order valence-corrected chi connectivity index (χ2v) is 4.26. The summed E-state index contributed by atoms with van der Waals surface area (Å²) in [4.78, 5) is 11.9. The van der Waals surface area contributed by atoms with Gasteiger partial charge in [-0.2, -0.15) is 5.10 Å². The first-order valence-corrected chi connectivity index (χ1v) is 5.80. The van der Waals surface area contributed by atoms with Crippen molar-refractivity contribution >= 4 is 11.6 Å². The van der Waals surface area contributed by atoms with Crippen molar-refractivity contribution in [3.63, 3.8) is 0 Å². The Morgan fingerprint density at radius 2 is 2.26 bits per heavy atom. The van der Waals surface area contributed by atoms with Crippen LogP contribution in [-0.4, -0.2) is 15.7 Å². The van der Waals surface area contributed by atoms with Crippen molar-refractivity contribution in [1.82, 2.24) is 15.1 Å². The molecular formula is C13H15FN4O. The van der Waals surface area contributed by atoms with E-state index in [2.05, 4.69) is 10.4 Å². The molecule has 0 bridgehead atoms. The second kappa shape index (κ2) is 5.09. The lowest BCUT2D eigenvalue weighted by Crippen LogP contribution is -2.24. The molecule has 0 aliphatic heterocycles. The molecule has 0 radical (unpaired) electrons. The third-order valence-electron chi connectivity index (χ3n) is 3.07. The molecule has 2 aromatic rings. The van der Waals surface area contributed by atoms with E-state index in [0.717, 1.165) is 11.3 Å². The van der Waals surface area contributed by atoms with Gasteiger partial charge >= 0.3 is 0 Å². The summed E-state index contributed by atoms with van der Waals surface area (Å²) in [6, 6.07) is 4.16. The third-order valence-corrected chi connectivity index (χ3v) is 3.07. The van der Waals surface area contributed by atoms with Crippen LogP contribution < -0.4 is 11.1 Å². The van der Waals surface area contributed by atoms with Gasteiger partial charge in [-0.25, -0.2) is 4.39 Å². The second-order valence-electron chi connectivity index (χ2n) is 4.26. The highest BCUT2D eigenvalue weighted by Gasteiger charge is 2.13. The molecule has 0 spiro atoms. The smallest absolute Gasteiger partial charge is 0.253 e. The first-order valence-electron chi connectivity index (χ1n) is 5.80. The van der Waals surface area contributed by atoms with Crippen molar-refractivity contribution in [3.8, 4) is 0 Å². The average Bonchev–Trinajstić information content (AvgIpc) is 2.70. The van der Waals surface area contributed by atoms with Crippen LogP contribution in [0.5, 0.6) is 0 Å². The number of amides is 1. The number of nitrogens with zero attached hydrogens (tertiary/aromatic N) is 2. The highest BCUT2D eigenvalue weighted by Crippen LogP contribution is 2.15. The Balaban J connectivity index is 2.10. The van der Waals surface area contributed by atoms with Crippen LogP contribution in [0.1, 0.15) is 21.6 Å². The zero-order valence-electron chi connectivity index (χ0n) is 10.8. The molecule has 2 rings (SSSR count). The summed E-state index contributed by atoms with van der Waals surface area (Å²) in [6.45, 7) is 2.24. The predicted molar refractivity (Wildman–Crippen MR) is 69.9 cm³/mol. The lowest BCUT2D eigenvalue weighted by Gasteiger charge is -2.07. The first-order chi connectivity index (χ1) is 9.00. The maximum atomic E-state index is 13.3. The Morgan fingerprint density at radius 1 is 1.53 bits per heavy atom. The van der Waals surface area contributed by atoms with Crippen LogP contribution in [0.4, 0.5) is 10.1 Å². The Labute approximate surface area is 110 Å². The normalized spacial score (nSPS) is 10.5. The van der Waals surface area contributed by atoms with E-state index in [4.69, 9.17) is 5.73 Å². The fourth-order valence-corrected chi connectivity index (χ4v) is 1.72. The fraction of sp³-hybridized carbons (Fsp3) is 0.231. The standard InChI is InChI=1S/C13H15FN4O/c1-8-9(7-17-18(8)2)6-16-13(19)10-4-3-5-11(14)12(10)15/h3-5,7H,6,15H2,1-2H3,(H,16,19). The van der Waals surface area contributed by atoms with Crippen LogP contribution in [0, 0.1) is 12.7 Å². The van der Waals surface area contributed by atoms with Gasteiger partial charge < -0.3 is 11.1 Å². The third kappa shape index (κ3) is 2.57. The lowest BCUT2D eigenvalue weighted by molar-refractivity contribution is 0.0951. The molecule has 0 atom stereocenters. The monoisotopic (exact) mass is 262 g/mol. The van der Waals surface area contributed by atoms with Gasteiger partial charge in [-0.3, -0.25) is 9.48 Å². The summed E-state index contributed by atoms with van der Waals surface area (Å²) in [5.41, 5.74) is 7.41. The van der Waals surface area contributed by atoms with E-state index in [-0.39, 0.29) is 11.3 Å². The molecule has 5 nitrogen and oxygen atoms in total. The van der Waals surface area contributed by atoms with Crippen LogP contribution in [-0.2, 0) is 13.6 Å². The quantitative estimate of drug-likeness (QED) is 0.821. The first kappa shape index (κ1) is 13.1. The number of aromatic nitrogens is 2. The largest absolute Gasteiger partial charge is 0.396 e. The van der Waals surface area contributed by atoms with Gasteiger partial charge in [0.15, 0.2) is 0 Å². The number of benzene rings is 1. The summed E-state index contributed by atoms with van der Waals surface area (Å²) < 4.78 is 15.0. The van der Waals surface area contributed by atoms with Crippen LogP contribution in [0.2, 0.25) is 0 Å². The molecule has 100 valence electrons. The molecular weight excluding hydrogens is 247 g/mol. The number of rotatable bonds is 3. The Hall–Kier alpha value is -2.37. The van der Waals surface area contributed by atoms with Crippen molar-refractivity contribution in [2.24, 2.45) is 7.05 Å². The molecule has 1 amide bonds. The highest BCUT2D eigenvalue weighted by molar-refractivity contribution is 5.99. The molecule has 0 fully saturated rings. The number of nitrogen functional groups attached to an aromatic ring is 1. The van der Waals surface area contributed by atoms with Gasteiger partial charge in [-0.15, -0.1) is 0 Å². The fourth-order valence-electron chi connectivity index (χ4n) is 1.72. The van der Waals surface area contributed by atoms with E-state index < -0.39 is 11.7 Å². The van der Waals surface area contributed by atoms with Crippen molar-refractivity contribution < 1.29 is 9.18 Å². The van der Waals surface area contributed by atoms with Crippen LogP contribution in [0.25, 0.3) is 0 Å². The zero-order valence-corrected chi connectivity index (χ0v) is 10.8. The number of nitrogens with one attached hydrogen (secondary N) is 1. The molecule has 0 saturated carbocycles. The van der Waals surface area contributed by atoms with Crippen molar-refractivity contribution in [3.05, 3.63) is 47.0 Å². The minimum atomic E-state index is -0.592. The molecule has 6 heteroatoms. The number of aryl methyl sites for hydroxylation is 1. The van der Waals surface area contributed by atoms with E-state index in [9.17, 15) is 9.18 Å². The summed E-state index contributed by atoms with van der Waals surface area (Å²) in [6.07, 6.45) is 1.69. The minimum absolute atomic E-state index is 0.136. The Kier molecular flexibility index (Phi) is 3.50. The van der Waals surface area contributed by atoms with E-state index in [1.165, 1.54) is 18.2 Å². The van der Waals surface area contributed by atoms with Gasteiger partial charge in [0.25, 0.3) is 5.91 Å². The number of anilines is 1. The predicted octanol–water partition coefficient (Wildman–Crippen LogP) is 1.38. The molecule has 0 aliphatic carbocycles. The number of halogens is 1. The maximum absolute atomic E-state index is 13.3. The lowest BCUT2D eigenvalue weighted by atomic mass is 10.1. The number of hydrogen-bond acceptors (Lipinski definition) is 3. The molecule has 3 N–H and O–H groups in total. The number of nitrogens with two attached hydrogens (primary N) is 1. The van der Waals surface area contributed by atoms with Crippen LogP contribution in [0.3, 0.4) is 0 Å². The van der Waals surface area contributed by atoms with Crippen molar-refractivity contribution in [2.45, 2.75) is 13.5 Å². The van der Waals surface area contributed by atoms with E-state index in [1.54, 1.807) is 10.9 Å². The molecule has 1 aromatic carbocycles. The number of hydrogen-bond donors (Lipinski definition) is 2. The summed E-state index contributed by atoms with van der Waals surface area (Å²) in [5.74, 6) is -0.995. The average molecular weight is 262 g/mol. The van der Waals surface area contributed by atoms with E-state index in [0.29, 0.717) is 6.54 Å². The highest BCUT2D eigenvalue weighted by atomic mass is 19.1. The van der Waals surface area contributed by atoms with Crippen LogP contribution >= 0.6 is 0 Å². The SMILES string of the molecule is Cc1c(CNC(=O)c2cccc(F)c2N)cnn1C. The minimum Gasteiger partial charge on any atom is -0.396 e.